The molecule has 1 aliphatic heterocycles. The summed E-state index contributed by atoms with van der Waals surface area (Å²) in [5.41, 5.74) is 0.992. The molecule has 3 rings (SSSR count). The van der Waals surface area contributed by atoms with Crippen LogP contribution in [0.5, 0.6) is 0 Å². The lowest BCUT2D eigenvalue weighted by atomic mass is 10.0. The molecule has 7 heteroatoms. The van der Waals surface area contributed by atoms with Crippen LogP contribution in [0.3, 0.4) is 0 Å². The van der Waals surface area contributed by atoms with Gasteiger partial charge < -0.3 is 14.6 Å². The fourth-order valence-corrected chi connectivity index (χ4v) is 3.30. The molecular weight excluding hydrogens is 389 g/mol. The summed E-state index contributed by atoms with van der Waals surface area (Å²) in [6.07, 6.45) is 0. The molecule has 1 aromatic heterocycles. The molecule has 0 spiro atoms. The Morgan fingerprint density at radius 1 is 1.20 bits per heavy atom. The summed E-state index contributed by atoms with van der Waals surface area (Å²) in [6.45, 7) is 4.18. The normalized spacial score (nSPS) is 17.4. The highest BCUT2D eigenvalue weighted by molar-refractivity contribution is 9.10. The number of benzene rings is 1. The number of hydrogen-bond donors (Lipinski definition) is 1. The molecule has 1 aromatic carbocycles. The third kappa shape index (κ3) is 4.68. The van der Waals surface area contributed by atoms with E-state index in [9.17, 15) is 9.18 Å². The first kappa shape index (κ1) is 18.1. The van der Waals surface area contributed by atoms with E-state index >= 15 is 0 Å². The van der Waals surface area contributed by atoms with Crippen molar-refractivity contribution in [1.29, 1.82) is 0 Å². The lowest BCUT2D eigenvalue weighted by Crippen LogP contribution is -2.48. The Morgan fingerprint density at radius 3 is 2.48 bits per heavy atom. The second-order valence-corrected chi connectivity index (χ2v) is 7.00. The van der Waals surface area contributed by atoms with Crippen LogP contribution in [-0.4, -0.2) is 55.5 Å². The third-order valence-corrected chi connectivity index (χ3v) is 4.91. The Balaban J connectivity index is 1.71. The fourth-order valence-electron chi connectivity index (χ4n) is 2.99. The number of furan rings is 1. The second kappa shape index (κ2) is 8.12. The van der Waals surface area contributed by atoms with Crippen LogP contribution in [0.1, 0.15) is 22.2 Å². The van der Waals surface area contributed by atoms with Gasteiger partial charge in [0.2, 0.25) is 0 Å². The highest BCUT2D eigenvalue weighted by Crippen LogP contribution is 2.22. The van der Waals surface area contributed by atoms with E-state index in [1.54, 1.807) is 24.3 Å². The summed E-state index contributed by atoms with van der Waals surface area (Å²) >= 11 is 3.20. The maximum absolute atomic E-state index is 13.3. The minimum atomic E-state index is -0.259. The third-order valence-electron chi connectivity index (χ3n) is 4.49. The van der Waals surface area contributed by atoms with Crippen LogP contribution >= 0.6 is 15.9 Å². The largest absolute Gasteiger partial charge is 0.444 e. The van der Waals surface area contributed by atoms with Gasteiger partial charge in [0.05, 0.1) is 6.04 Å². The Hall–Kier alpha value is -1.70. The van der Waals surface area contributed by atoms with Crippen molar-refractivity contribution < 1.29 is 13.6 Å². The molecule has 1 saturated heterocycles. The molecule has 0 aliphatic carbocycles. The van der Waals surface area contributed by atoms with Crippen LogP contribution in [-0.2, 0) is 0 Å². The summed E-state index contributed by atoms with van der Waals surface area (Å²) < 4.78 is 19.1. The Kier molecular flexibility index (Phi) is 5.88. The van der Waals surface area contributed by atoms with Gasteiger partial charge in [0.1, 0.15) is 5.82 Å². The molecule has 1 atom stereocenters. The van der Waals surface area contributed by atoms with Crippen LogP contribution in [0.2, 0.25) is 0 Å². The summed E-state index contributed by atoms with van der Waals surface area (Å²) in [5, 5.41) is 2.93. The first-order valence-electron chi connectivity index (χ1n) is 8.24. The van der Waals surface area contributed by atoms with Gasteiger partial charge in [-0.15, -0.1) is 0 Å². The van der Waals surface area contributed by atoms with Crippen LogP contribution in [0.4, 0.5) is 4.39 Å². The Labute approximate surface area is 154 Å². The summed E-state index contributed by atoms with van der Waals surface area (Å²) in [7, 11) is 2.10. The molecule has 25 heavy (non-hydrogen) atoms. The van der Waals surface area contributed by atoms with E-state index in [4.69, 9.17) is 4.42 Å². The van der Waals surface area contributed by atoms with Gasteiger partial charge in [-0.2, -0.15) is 0 Å². The number of piperazine rings is 1. The average molecular weight is 410 g/mol. The van der Waals surface area contributed by atoms with Crippen molar-refractivity contribution in [2.45, 2.75) is 6.04 Å². The molecule has 2 heterocycles. The molecule has 1 aliphatic rings. The number of halogens is 2. The Bertz CT molecular complexity index is 711. The maximum atomic E-state index is 13.3. The second-order valence-electron chi connectivity index (χ2n) is 6.22. The van der Waals surface area contributed by atoms with E-state index in [1.807, 2.05) is 0 Å². The highest BCUT2D eigenvalue weighted by atomic mass is 79.9. The topological polar surface area (TPSA) is 48.7 Å². The van der Waals surface area contributed by atoms with Gasteiger partial charge in [-0.3, -0.25) is 9.69 Å². The zero-order valence-corrected chi connectivity index (χ0v) is 15.6. The fraction of sp³-hybridized carbons (Fsp3) is 0.389. The first-order chi connectivity index (χ1) is 12.0. The van der Waals surface area contributed by atoms with E-state index < -0.39 is 0 Å². The SMILES string of the molecule is CN1CCN([C@H](CNC(=O)c2ccc(Br)o2)c2ccc(F)cc2)CC1. The van der Waals surface area contributed by atoms with Crippen molar-refractivity contribution in [3.8, 4) is 0 Å². The van der Waals surface area contributed by atoms with E-state index in [1.165, 1.54) is 12.1 Å². The quantitative estimate of drug-likeness (QED) is 0.824. The smallest absolute Gasteiger partial charge is 0.287 e. The number of amides is 1. The van der Waals surface area contributed by atoms with Crippen LogP contribution < -0.4 is 5.32 Å². The zero-order valence-electron chi connectivity index (χ0n) is 14.0. The first-order valence-corrected chi connectivity index (χ1v) is 9.04. The average Bonchev–Trinajstić information content (AvgIpc) is 3.04. The molecule has 1 amide bonds. The van der Waals surface area contributed by atoms with Gasteiger partial charge in [0.25, 0.3) is 5.91 Å². The van der Waals surface area contributed by atoms with Gasteiger partial charge in [-0.05, 0) is 52.8 Å². The van der Waals surface area contributed by atoms with Gasteiger partial charge in [-0.1, -0.05) is 12.1 Å². The molecule has 0 saturated carbocycles. The van der Waals surface area contributed by atoms with Crippen LogP contribution in [0.15, 0.2) is 45.5 Å². The molecule has 2 aromatic rings. The number of carbonyl (C=O) groups is 1. The predicted molar refractivity (Wildman–Crippen MR) is 97.0 cm³/mol. The lowest BCUT2D eigenvalue weighted by Gasteiger charge is -2.38. The summed E-state index contributed by atoms with van der Waals surface area (Å²) in [6, 6.07) is 9.81. The summed E-state index contributed by atoms with van der Waals surface area (Å²) in [5.74, 6) is -0.250. The van der Waals surface area contributed by atoms with Crippen molar-refractivity contribution in [2.75, 3.05) is 39.8 Å². The molecule has 1 fully saturated rings. The molecule has 5 nitrogen and oxygen atoms in total. The molecule has 0 bridgehead atoms. The van der Waals surface area contributed by atoms with Gasteiger partial charge in [-0.25, -0.2) is 4.39 Å². The van der Waals surface area contributed by atoms with Crippen molar-refractivity contribution in [3.63, 3.8) is 0 Å². The number of hydrogen-bond acceptors (Lipinski definition) is 4. The van der Waals surface area contributed by atoms with E-state index in [0.717, 1.165) is 31.7 Å². The molecule has 0 unspecified atom stereocenters. The zero-order chi connectivity index (χ0) is 17.8. The molecule has 134 valence electrons. The minimum absolute atomic E-state index is 0.00310. The van der Waals surface area contributed by atoms with Gasteiger partial charge in [0.15, 0.2) is 10.4 Å². The number of nitrogens with zero attached hydrogens (tertiary/aromatic N) is 2. The van der Waals surface area contributed by atoms with Crippen molar-refractivity contribution >= 4 is 21.8 Å². The van der Waals surface area contributed by atoms with Gasteiger partial charge >= 0.3 is 0 Å². The molecular formula is C18H21BrFN3O2. The van der Waals surface area contributed by atoms with Crippen LogP contribution in [0, 0.1) is 5.82 Å². The van der Waals surface area contributed by atoms with E-state index in [-0.39, 0.29) is 23.5 Å². The number of rotatable bonds is 5. The number of nitrogens with one attached hydrogen (secondary N) is 1. The van der Waals surface area contributed by atoms with Gasteiger partial charge in [0, 0.05) is 32.7 Å². The Morgan fingerprint density at radius 2 is 1.88 bits per heavy atom. The predicted octanol–water partition coefficient (Wildman–Crippen LogP) is 2.90. The summed E-state index contributed by atoms with van der Waals surface area (Å²) in [4.78, 5) is 16.9. The van der Waals surface area contributed by atoms with Crippen molar-refractivity contribution in [2.24, 2.45) is 0 Å². The van der Waals surface area contributed by atoms with Crippen molar-refractivity contribution in [1.82, 2.24) is 15.1 Å². The number of carbonyl (C=O) groups excluding carboxylic acids is 1. The maximum Gasteiger partial charge on any atom is 0.287 e. The molecule has 1 N–H and O–H groups in total. The minimum Gasteiger partial charge on any atom is -0.444 e. The van der Waals surface area contributed by atoms with E-state index in [0.29, 0.717) is 11.2 Å². The highest BCUT2D eigenvalue weighted by Gasteiger charge is 2.25. The molecule has 0 radical (unpaired) electrons. The number of likely N-dealkylation sites (N-methyl/N-ethyl adjacent to an activating group) is 1. The monoisotopic (exact) mass is 409 g/mol. The lowest BCUT2D eigenvalue weighted by molar-refractivity contribution is 0.0861. The van der Waals surface area contributed by atoms with Crippen molar-refractivity contribution in [3.05, 3.63) is 58.2 Å². The van der Waals surface area contributed by atoms with Crippen LogP contribution in [0.25, 0.3) is 0 Å². The van der Waals surface area contributed by atoms with E-state index in [2.05, 4.69) is 38.1 Å². The standard InChI is InChI=1S/C18H21BrFN3O2/c1-22-8-10-23(11-9-22)15(13-2-4-14(20)5-3-13)12-21-18(24)16-6-7-17(19)25-16/h2-7,15H,8-12H2,1H3,(H,21,24)/t15-/m1/s1.